The molecule has 0 unspecified atom stereocenters. The summed E-state index contributed by atoms with van der Waals surface area (Å²) in [6.45, 7) is 5.35. The van der Waals surface area contributed by atoms with E-state index in [1.165, 1.54) is 0 Å². The van der Waals surface area contributed by atoms with Gasteiger partial charge in [-0.3, -0.25) is 4.79 Å². The fourth-order valence-corrected chi connectivity index (χ4v) is 1.84. The molecule has 110 valence electrons. The molecule has 0 aliphatic rings. The topological polar surface area (TPSA) is 79.8 Å². The Morgan fingerprint density at radius 2 is 1.52 bits per heavy atom. The normalized spacial score (nSPS) is 10.2. The number of anilines is 2. The van der Waals surface area contributed by atoms with E-state index in [4.69, 9.17) is 0 Å². The van der Waals surface area contributed by atoms with E-state index in [2.05, 4.69) is 25.6 Å². The van der Waals surface area contributed by atoms with Crippen LogP contribution in [0.5, 0.6) is 0 Å². The highest BCUT2D eigenvalue weighted by molar-refractivity contribution is 5.97. The molecule has 2 aromatic rings. The van der Waals surface area contributed by atoms with Gasteiger partial charge in [-0.2, -0.15) is 15.0 Å². The Morgan fingerprint density at radius 3 is 2.05 bits per heavy atom. The first-order valence-electron chi connectivity index (χ1n) is 7.03. The van der Waals surface area contributed by atoms with Gasteiger partial charge in [0.25, 0.3) is 0 Å². The van der Waals surface area contributed by atoms with Crippen molar-refractivity contribution in [2.75, 3.05) is 23.7 Å². The summed E-state index contributed by atoms with van der Waals surface area (Å²) < 4.78 is 0. The average Bonchev–Trinajstić information content (AvgIpc) is 2.48. The third-order valence-corrected chi connectivity index (χ3v) is 2.77. The van der Waals surface area contributed by atoms with Gasteiger partial charge in [0.15, 0.2) is 5.78 Å². The number of nitrogens with one attached hydrogen (secondary N) is 2. The molecule has 1 aromatic heterocycles. The van der Waals surface area contributed by atoms with Crippen LogP contribution in [-0.4, -0.2) is 33.8 Å². The number of hydrogen-bond acceptors (Lipinski definition) is 6. The molecular formula is C15H19N5O. The molecule has 0 aliphatic carbocycles. The summed E-state index contributed by atoms with van der Waals surface area (Å²) in [6.07, 6.45) is 0.156. The van der Waals surface area contributed by atoms with E-state index in [1.807, 2.05) is 32.0 Å². The second-order valence-corrected chi connectivity index (χ2v) is 4.43. The lowest BCUT2D eigenvalue weighted by molar-refractivity contribution is 0.0991. The number of carbonyl (C=O) groups is 1. The Balaban J connectivity index is 2.20. The van der Waals surface area contributed by atoms with Gasteiger partial charge >= 0.3 is 0 Å². The van der Waals surface area contributed by atoms with Crippen LogP contribution in [0.25, 0.3) is 0 Å². The smallest absolute Gasteiger partial charge is 0.227 e. The largest absolute Gasteiger partial charge is 0.354 e. The van der Waals surface area contributed by atoms with Gasteiger partial charge in [0.05, 0.1) is 6.42 Å². The van der Waals surface area contributed by atoms with E-state index in [-0.39, 0.29) is 12.2 Å². The lowest BCUT2D eigenvalue weighted by atomic mass is 10.1. The molecule has 0 bridgehead atoms. The second-order valence-electron chi connectivity index (χ2n) is 4.43. The SMILES string of the molecule is CCNc1nc(CC(=O)c2ccccc2)nc(NCC)n1. The van der Waals surface area contributed by atoms with Gasteiger partial charge in [0.2, 0.25) is 11.9 Å². The summed E-state index contributed by atoms with van der Waals surface area (Å²) in [4.78, 5) is 25.0. The van der Waals surface area contributed by atoms with Crippen molar-refractivity contribution < 1.29 is 4.79 Å². The predicted octanol–water partition coefficient (Wildman–Crippen LogP) is 2.16. The molecule has 0 atom stereocenters. The summed E-state index contributed by atoms with van der Waals surface area (Å²) in [5.41, 5.74) is 0.660. The average molecular weight is 285 g/mol. The number of ketones is 1. The zero-order chi connectivity index (χ0) is 15.1. The summed E-state index contributed by atoms with van der Waals surface area (Å²) in [7, 11) is 0. The molecule has 1 heterocycles. The lowest BCUT2D eigenvalue weighted by Gasteiger charge is -2.08. The molecule has 1 aromatic carbocycles. The molecule has 0 saturated heterocycles. The van der Waals surface area contributed by atoms with Gasteiger partial charge in [0, 0.05) is 18.7 Å². The highest BCUT2D eigenvalue weighted by Gasteiger charge is 2.11. The maximum absolute atomic E-state index is 12.2. The quantitative estimate of drug-likeness (QED) is 0.759. The van der Waals surface area contributed by atoms with Crippen LogP contribution in [0.2, 0.25) is 0 Å². The molecule has 0 amide bonds. The van der Waals surface area contributed by atoms with Gasteiger partial charge in [-0.15, -0.1) is 0 Å². The molecule has 0 fully saturated rings. The van der Waals surface area contributed by atoms with E-state index in [1.54, 1.807) is 12.1 Å². The zero-order valence-corrected chi connectivity index (χ0v) is 12.3. The van der Waals surface area contributed by atoms with Crippen molar-refractivity contribution in [3.63, 3.8) is 0 Å². The van der Waals surface area contributed by atoms with Gasteiger partial charge in [-0.25, -0.2) is 0 Å². The van der Waals surface area contributed by atoms with Crippen LogP contribution in [0, 0.1) is 0 Å². The van der Waals surface area contributed by atoms with Crippen molar-refractivity contribution in [3.8, 4) is 0 Å². The standard InChI is InChI=1S/C15H19N5O/c1-3-16-14-18-13(19-15(20-14)17-4-2)10-12(21)11-8-6-5-7-9-11/h5-9H,3-4,10H2,1-2H3,(H2,16,17,18,19,20). The molecule has 0 radical (unpaired) electrons. The van der Waals surface area contributed by atoms with E-state index in [9.17, 15) is 4.79 Å². The molecule has 21 heavy (non-hydrogen) atoms. The van der Waals surface area contributed by atoms with Crippen molar-refractivity contribution in [3.05, 3.63) is 41.7 Å². The minimum atomic E-state index is -0.00769. The zero-order valence-electron chi connectivity index (χ0n) is 12.3. The van der Waals surface area contributed by atoms with Crippen molar-refractivity contribution >= 4 is 17.7 Å². The Bertz CT molecular complexity index is 576. The number of hydrogen-bond donors (Lipinski definition) is 2. The molecular weight excluding hydrogens is 266 g/mol. The summed E-state index contributed by atoms with van der Waals surface area (Å²) in [5.74, 6) is 1.43. The minimum Gasteiger partial charge on any atom is -0.354 e. The Kier molecular flexibility index (Phi) is 5.20. The van der Waals surface area contributed by atoms with Crippen molar-refractivity contribution in [1.29, 1.82) is 0 Å². The van der Waals surface area contributed by atoms with E-state index >= 15 is 0 Å². The first kappa shape index (κ1) is 14.9. The van der Waals surface area contributed by atoms with E-state index in [0.29, 0.717) is 36.4 Å². The first-order chi connectivity index (χ1) is 10.2. The van der Waals surface area contributed by atoms with Gasteiger partial charge in [-0.1, -0.05) is 30.3 Å². The fraction of sp³-hybridized carbons (Fsp3) is 0.333. The number of carbonyl (C=O) groups excluding carboxylic acids is 1. The number of aromatic nitrogens is 3. The lowest BCUT2D eigenvalue weighted by Crippen LogP contribution is -2.13. The van der Waals surface area contributed by atoms with Crippen LogP contribution in [0.3, 0.4) is 0 Å². The van der Waals surface area contributed by atoms with Crippen molar-refractivity contribution in [2.24, 2.45) is 0 Å². The maximum Gasteiger partial charge on any atom is 0.227 e. The monoisotopic (exact) mass is 285 g/mol. The van der Waals surface area contributed by atoms with Crippen LogP contribution in [0.15, 0.2) is 30.3 Å². The van der Waals surface area contributed by atoms with Crippen LogP contribution < -0.4 is 10.6 Å². The summed E-state index contributed by atoms with van der Waals surface area (Å²) in [5, 5.41) is 6.09. The van der Waals surface area contributed by atoms with Crippen LogP contribution in [0.1, 0.15) is 30.0 Å². The summed E-state index contributed by atoms with van der Waals surface area (Å²) >= 11 is 0. The molecule has 0 saturated carbocycles. The highest BCUT2D eigenvalue weighted by atomic mass is 16.1. The minimum absolute atomic E-state index is 0.00769. The first-order valence-corrected chi connectivity index (χ1v) is 7.03. The number of benzene rings is 1. The Morgan fingerprint density at radius 1 is 0.952 bits per heavy atom. The van der Waals surface area contributed by atoms with Crippen molar-refractivity contribution in [1.82, 2.24) is 15.0 Å². The highest BCUT2D eigenvalue weighted by Crippen LogP contribution is 2.09. The fourth-order valence-electron chi connectivity index (χ4n) is 1.84. The molecule has 6 heteroatoms. The second kappa shape index (κ2) is 7.33. The van der Waals surface area contributed by atoms with Gasteiger partial charge in [0.1, 0.15) is 5.82 Å². The third kappa shape index (κ3) is 4.24. The molecule has 2 N–H and O–H groups in total. The van der Waals surface area contributed by atoms with Gasteiger partial charge in [-0.05, 0) is 13.8 Å². The van der Waals surface area contributed by atoms with Crippen LogP contribution >= 0.6 is 0 Å². The maximum atomic E-state index is 12.2. The van der Waals surface area contributed by atoms with E-state index < -0.39 is 0 Å². The Labute approximate surface area is 124 Å². The van der Waals surface area contributed by atoms with E-state index in [0.717, 1.165) is 0 Å². The molecule has 0 spiro atoms. The molecule has 0 aliphatic heterocycles. The molecule has 2 rings (SSSR count). The molecule has 6 nitrogen and oxygen atoms in total. The number of rotatable bonds is 7. The third-order valence-electron chi connectivity index (χ3n) is 2.77. The predicted molar refractivity (Wildman–Crippen MR) is 82.6 cm³/mol. The summed E-state index contributed by atoms with van der Waals surface area (Å²) in [6, 6.07) is 9.15. The van der Waals surface area contributed by atoms with Crippen LogP contribution in [-0.2, 0) is 6.42 Å². The Hall–Kier alpha value is -2.50. The van der Waals surface area contributed by atoms with Crippen LogP contribution in [0.4, 0.5) is 11.9 Å². The van der Waals surface area contributed by atoms with Gasteiger partial charge < -0.3 is 10.6 Å². The number of Topliss-reactive ketones (excluding diaryl/α,β-unsaturated/α-hetero) is 1. The van der Waals surface area contributed by atoms with Crippen molar-refractivity contribution in [2.45, 2.75) is 20.3 Å². The number of nitrogens with zero attached hydrogens (tertiary/aromatic N) is 3.